The highest BCUT2D eigenvalue weighted by molar-refractivity contribution is 7.35. The quantitative estimate of drug-likeness (QED) is 0.752. The van der Waals surface area contributed by atoms with Crippen molar-refractivity contribution in [3.05, 3.63) is 60.7 Å². The third-order valence-corrected chi connectivity index (χ3v) is 12.7. The molecule has 0 aliphatic rings. The van der Waals surface area contributed by atoms with Crippen molar-refractivity contribution in [3.8, 4) is 0 Å². The lowest BCUT2D eigenvalue weighted by Gasteiger charge is -2.31. The molecule has 2 aromatic rings. The standard InChI is InChI=1S/C15H19O3Si2/c1-16-20(17-2,18-3)19(14-10-6-4-7-11-14)15-12-8-5-9-13-15/h4-13H,1-3H3. The maximum absolute atomic E-state index is 5.75. The van der Waals surface area contributed by atoms with Crippen molar-refractivity contribution in [2.24, 2.45) is 0 Å². The number of benzene rings is 2. The molecule has 0 N–H and O–H groups in total. The fourth-order valence-electron chi connectivity index (χ4n) is 2.29. The fourth-order valence-corrected chi connectivity index (χ4v) is 10.4. The molecule has 0 bridgehead atoms. The van der Waals surface area contributed by atoms with Crippen molar-refractivity contribution < 1.29 is 13.3 Å². The molecular formula is C15H19O3Si2. The zero-order valence-corrected chi connectivity index (χ0v) is 14.0. The molecule has 2 aromatic carbocycles. The van der Waals surface area contributed by atoms with Crippen LogP contribution in [0.4, 0.5) is 0 Å². The molecule has 0 aromatic heterocycles. The van der Waals surface area contributed by atoms with Gasteiger partial charge in [0.25, 0.3) is 0 Å². The number of hydrogen-bond donors (Lipinski definition) is 0. The average Bonchev–Trinajstić information content (AvgIpc) is 2.54. The summed E-state index contributed by atoms with van der Waals surface area (Å²) >= 11 is 0. The van der Waals surface area contributed by atoms with E-state index in [1.54, 1.807) is 21.3 Å². The first-order valence-corrected chi connectivity index (χ1v) is 10.6. The second-order valence-electron chi connectivity index (χ2n) is 4.28. The molecule has 20 heavy (non-hydrogen) atoms. The summed E-state index contributed by atoms with van der Waals surface area (Å²) in [5, 5.41) is 2.47. The molecule has 3 nitrogen and oxygen atoms in total. The van der Waals surface area contributed by atoms with Gasteiger partial charge in [-0.2, -0.15) is 0 Å². The summed E-state index contributed by atoms with van der Waals surface area (Å²) in [5.41, 5.74) is 0. The van der Waals surface area contributed by atoms with Gasteiger partial charge in [-0.3, -0.25) is 0 Å². The van der Waals surface area contributed by atoms with E-state index in [4.69, 9.17) is 13.3 Å². The molecule has 1 radical (unpaired) electrons. The third kappa shape index (κ3) is 2.92. The summed E-state index contributed by atoms with van der Waals surface area (Å²) < 4.78 is 17.2. The molecule has 2 rings (SSSR count). The minimum atomic E-state index is -2.73. The van der Waals surface area contributed by atoms with Gasteiger partial charge in [-0.05, 0) is 0 Å². The lowest BCUT2D eigenvalue weighted by molar-refractivity contribution is 0.148. The van der Waals surface area contributed by atoms with E-state index >= 15 is 0 Å². The zero-order chi connectivity index (χ0) is 14.4. The summed E-state index contributed by atoms with van der Waals surface area (Å²) in [5.74, 6) is 0. The zero-order valence-electron chi connectivity index (χ0n) is 12.0. The highest BCUT2D eigenvalue weighted by Crippen LogP contribution is 2.12. The Morgan fingerprint density at radius 3 is 1.30 bits per heavy atom. The molecule has 0 fully saturated rings. The van der Waals surface area contributed by atoms with Crippen LogP contribution in [0.3, 0.4) is 0 Å². The maximum Gasteiger partial charge on any atom is 0.478 e. The van der Waals surface area contributed by atoms with Crippen LogP contribution >= 0.6 is 0 Å². The van der Waals surface area contributed by atoms with Crippen molar-refractivity contribution in [1.82, 2.24) is 0 Å². The minimum absolute atomic E-state index is 1.24. The molecule has 0 saturated carbocycles. The summed E-state index contributed by atoms with van der Waals surface area (Å²) in [6, 6.07) is 20.7. The van der Waals surface area contributed by atoms with Crippen LogP contribution in [-0.2, 0) is 13.3 Å². The molecule has 0 heterocycles. The van der Waals surface area contributed by atoms with Gasteiger partial charge in [0.2, 0.25) is 8.31 Å². The van der Waals surface area contributed by atoms with Gasteiger partial charge in [-0.25, -0.2) is 0 Å². The van der Waals surface area contributed by atoms with Gasteiger partial charge in [0.15, 0.2) is 0 Å². The highest BCUT2D eigenvalue weighted by Gasteiger charge is 2.50. The molecular weight excluding hydrogens is 284 g/mol. The van der Waals surface area contributed by atoms with Crippen LogP contribution in [0.15, 0.2) is 60.7 Å². The second-order valence-corrected chi connectivity index (χ2v) is 11.9. The molecule has 105 valence electrons. The minimum Gasteiger partial charge on any atom is -0.379 e. The Kier molecular flexibility index (Phi) is 5.27. The van der Waals surface area contributed by atoms with Crippen molar-refractivity contribution in [1.29, 1.82) is 0 Å². The predicted octanol–water partition coefficient (Wildman–Crippen LogP) is 1.25. The van der Waals surface area contributed by atoms with Gasteiger partial charge in [0.05, 0.1) is 0 Å². The molecule has 0 saturated heterocycles. The largest absolute Gasteiger partial charge is 0.478 e. The summed E-state index contributed by atoms with van der Waals surface area (Å²) in [4.78, 5) is 0. The number of rotatable bonds is 6. The Morgan fingerprint density at radius 2 is 1.00 bits per heavy atom. The summed E-state index contributed by atoms with van der Waals surface area (Å²) in [6.07, 6.45) is 0. The first kappa shape index (κ1) is 15.1. The Hall–Kier alpha value is -1.25. The first-order valence-electron chi connectivity index (χ1n) is 6.41. The Balaban J connectivity index is 2.55. The van der Waals surface area contributed by atoms with Gasteiger partial charge >= 0.3 is 8.32 Å². The molecule has 0 aliphatic carbocycles. The van der Waals surface area contributed by atoms with Crippen LogP contribution in [-0.4, -0.2) is 38.0 Å². The van der Waals surface area contributed by atoms with Crippen LogP contribution in [0.2, 0.25) is 0 Å². The highest BCUT2D eigenvalue weighted by atomic mass is 29.3. The van der Waals surface area contributed by atoms with Crippen molar-refractivity contribution >= 4 is 27.0 Å². The van der Waals surface area contributed by atoms with Gasteiger partial charge in [-0.15, -0.1) is 0 Å². The van der Waals surface area contributed by atoms with Crippen LogP contribution in [0.25, 0.3) is 0 Å². The Labute approximate surface area is 122 Å². The lowest BCUT2D eigenvalue weighted by Crippen LogP contribution is -2.68. The van der Waals surface area contributed by atoms with Crippen LogP contribution < -0.4 is 10.4 Å². The molecule has 0 amide bonds. The number of hydrogen-bond acceptors (Lipinski definition) is 3. The van der Waals surface area contributed by atoms with Crippen molar-refractivity contribution in [3.63, 3.8) is 0 Å². The summed E-state index contributed by atoms with van der Waals surface area (Å²) in [7, 11) is 1.02. The first-order chi connectivity index (χ1) is 9.77. The maximum atomic E-state index is 5.75. The van der Waals surface area contributed by atoms with Crippen molar-refractivity contribution in [2.75, 3.05) is 21.3 Å². The van der Waals surface area contributed by atoms with E-state index in [-0.39, 0.29) is 0 Å². The molecule has 0 aliphatic heterocycles. The monoisotopic (exact) mass is 303 g/mol. The van der Waals surface area contributed by atoms with E-state index in [1.165, 1.54) is 10.4 Å². The lowest BCUT2D eigenvalue weighted by atomic mass is 10.4. The third-order valence-electron chi connectivity index (χ3n) is 3.24. The van der Waals surface area contributed by atoms with Crippen LogP contribution in [0.5, 0.6) is 0 Å². The second kappa shape index (κ2) is 6.96. The molecule has 0 atom stereocenters. The molecule has 0 unspecified atom stereocenters. The van der Waals surface area contributed by atoms with E-state index in [2.05, 4.69) is 24.3 Å². The Bertz CT molecular complexity index is 467. The van der Waals surface area contributed by atoms with E-state index in [0.717, 1.165) is 0 Å². The topological polar surface area (TPSA) is 27.7 Å². The Morgan fingerprint density at radius 1 is 0.650 bits per heavy atom. The van der Waals surface area contributed by atoms with Crippen LogP contribution in [0.1, 0.15) is 0 Å². The van der Waals surface area contributed by atoms with E-state index in [1.807, 2.05) is 36.4 Å². The van der Waals surface area contributed by atoms with Crippen LogP contribution in [0, 0.1) is 0 Å². The predicted molar refractivity (Wildman–Crippen MR) is 84.7 cm³/mol. The fraction of sp³-hybridized carbons (Fsp3) is 0.200. The summed E-state index contributed by atoms with van der Waals surface area (Å²) in [6.45, 7) is 0. The SMILES string of the molecule is CO[Si](OC)(OC)[Si](c1ccccc1)c1ccccc1. The molecule has 5 heteroatoms. The van der Waals surface area contributed by atoms with Gasteiger partial charge in [0, 0.05) is 21.3 Å². The van der Waals surface area contributed by atoms with Gasteiger partial charge < -0.3 is 13.3 Å². The van der Waals surface area contributed by atoms with Gasteiger partial charge in [0.1, 0.15) is 0 Å². The average molecular weight is 303 g/mol. The van der Waals surface area contributed by atoms with E-state index in [0.29, 0.717) is 0 Å². The smallest absolute Gasteiger partial charge is 0.379 e. The van der Waals surface area contributed by atoms with E-state index in [9.17, 15) is 0 Å². The molecule has 0 spiro atoms. The van der Waals surface area contributed by atoms with Crippen molar-refractivity contribution in [2.45, 2.75) is 0 Å². The normalized spacial score (nSPS) is 11.8. The van der Waals surface area contributed by atoms with E-state index < -0.39 is 16.6 Å². The van der Waals surface area contributed by atoms with Gasteiger partial charge in [-0.1, -0.05) is 71.0 Å².